The molecule has 17 heavy (non-hydrogen) atoms. The van der Waals surface area contributed by atoms with Crippen molar-refractivity contribution in [1.29, 1.82) is 0 Å². The van der Waals surface area contributed by atoms with Crippen molar-refractivity contribution in [2.45, 2.75) is 57.7 Å². The van der Waals surface area contributed by atoms with Gasteiger partial charge < -0.3 is 19.5 Å². The molecule has 5 nitrogen and oxygen atoms in total. The van der Waals surface area contributed by atoms with Crippen LogP contribution in [-0.4, -0.2) is 34.6 Å². The number of fused-ring (bicyclic) bond motifs is 2. The van der Waals surface area contributed by atoms with Crippen molar-refractivity contribution in [1.82, 2.24) is 4.90 Å². The summed E-state index contributed by atoms with van der Waals surface area (Å²) in [5.41, 5.74) is -0.546. The van der Waals surface area contributed by atoms with Crippen LogP contribution in [0.4, 0.5) is 4.79 Å². The second kappa shape index (κ2) is 3.89. The van der Waals surface area contributed by atoms with Crippen molar-refractivity contribution < 1.29 is 19.4 Å². The summed E-state index contributed by atoms with van der Waals surface area (Å²) < 4.78 is 5.30. The number of rotatable bonds is 1. The molecule has 0 spiro atoms. The first-order valence-corrected chi connectivity index (χ1v) is 6.02. The number of carboxylic acid groups (broad SMARTS) is 1. The van der Waals surface area contributed by atoms with E-state index in [0.29, 0.717) is 6.42 Å². The molecule has 1 amide bonds. The van der Waals surface area contributed by atoms with Crippen molar-refractivity contribution in [2.24, 2.45) is 5.92 Å². The summed E-state index contributed by atoms with van der Waals surface area (Å²) >= 11 is 0. The van der Waals surface area contributed by atoms with Gasteiger partial charge in [-0.1, -0.05) is 0 Å². The average Bonchev–Trinajstić information content (AvgIpc) is 2.70. The lowest BCUT2D eigenvalue weighted by Crippen LogP contribution is -2.43. The van der Waals surface area contributed by atoms with Crippen molar-refractivity contribution in [3.63, 3.8) is 0 Å². The van der Waals surface area contributed by atoms with Crippen LogP contribution in [0.1, 0.15) is 40.0 Å². The van der Waals surface area contributed by atoms with Crippen molar-refractivity contribution in [3.05, 3.63) is 0 Å². The molecule has 0 N–H and O–H groups in total. The number of hydrogen-bond acceptors (Lipinski definition) is 4. The van der Waals surface area contributed by atoms with Crippen LogP contribution in [0, 0.1) is 5.92 Å². The Bertz CT molecular complexity index is 347. The van der Waals surface area contributed by atoms with E-state index in [1.165, 1.54) is 0 Å². The number of ether oxygens (including phenoxy) is 1. The molecule has 2 bridgehead atoms. The topological polar surface area (TPSA) is 69.7 Å². The molecule has 2 heterocycles. The highest BCUT2D eigenvalue weighted by molar-refractivity contribution is 5.75. The Morgan fingerprint density at radius 3 is 2.41 bits per heavy atom. The molecule has 2 rings (SSSR count). The standard InChI is InChI=1S/C12H19NO4/c1-12(2,3)17-11(16)13-7-4-5-9(13)8(6-7)10(14)15/h7-9H,4-6H2,1-3H3,(H,14,15)/p-1. The number of carboxylic acids is 1. The van der Waals surface area contributed by atoms with Gasteiger partial charge in [0.25, 0.3) is 0 Å². The summed E-state index contributed by atoms with van der Waals surface area (Å²) in [7, 11) is 0. The number of carbonyl (C=O) groups is 2. The quantitative estimate of drug-likeness (QED) is 0.670. The largest absolute Gasteiger partial charge is 0.550 e. The van der Waals surface area contributed by atoms with Gasteiger partial charge in [-0.25, -0.2) is 4.79 Å². The van der Waals surface area contributed by atoms with E-state index in [9.17, 15) is 14.7 Å². The number of aliphatic carboxylic acids is 1. The smallest absolute Gasteiger partial charge is 0.410 e. The summed E-state index contributed by atoms with van der Waals surface area (Å²) in [5, 5.41) is 11.0. The van der Waals surface area contributed by atoms with Gasteiger partial charge in [-0.05, 0) is 40.0 Å². The molecule has 0 aromatic carbocycles. The van der Waals surface area contributed by atoms with E-state index in [0.717, 1.165) is 12.8 Å². The predicted molar refractivity (Wildman–Crippen MR) is 58.0 cm³/mol. The second-order valence-electron chi connectivity index (χ2n) is 5.85. The second-order valence-corrected chi connectivity index (χ2v) is 5.85. The Hall–Kier alpha value is -1.26. The van der Waals surface area contributed by atoms with Crippen LogP contribution in [0.2, 0.25) is 0 Å². The zero-order chi connectivity index (χ0) is 12.8. The maximum absolute atomic E-state index is 12.0. The molecule has 3 atom stereocenters. The van der Waals surface area contributed by atoms with Gasteiger partial charge in [0.05, 0.1) is 0 Å². The van der Waals surface area contributed by atoms with Crippen LogP contribution in [0.5, 0.6) is 0 Å². The van der Waals surface area contributed by atoms with Gasteiger partial charge in [0.15, 0.2) is 0 Å². The molecule has 3 unspecified atom stereocenters. The van der Waals surface area contributed by atoms with E-state index in [1.54, 1.807) is 25.7 Å². The van der Waals surface area contributed by atoms with Gasteiger partial charge in [0.1, 0.15) is 5.60 Å². The van der Waals surface area contributed by atoms with Crippen LogP contribution in [0.15, 0.2) is 0 Å². The SMILES string of the molecule is CC(C)(C)OC(=O)N1C2CCC1C(C(=O)[O-])C2. The summed E-state index contributed by atoms with van der Waals surface area (Å²) in [6, 6.07) is -0.224. The van der Waals surface area contributed by atoms with Crippen LogP contribution < -0.4 is 5.11 Å². The van der Waals surface area contributed by atoms with Crippen LogP contribution in [-0.2, 0) is 9.53 Å². The highest BCUT2D eigenvalue weighted by Gasteiger charge is 2.50. The van der Waals surface area contributed by atoms with Gasteiger partial charge >= 0.3 is 6.09 Å². The maximum atomic E-state index is 12.0. The lowest BCUT2D eigenvalue weighted by Gasteiger charge is -2.28. The Labute approximate surface area is 101 Å². The first-order valence-electron chi connectivity index (χ1n) is 6.02. The lowest BCUT2D eigenvalue weighted by atomic mass is 9.89. The van der Waals surface area contributed by atoms with Crippen LogP contribution in [0.25, 0.3) is 0 Å². The van der Waals surface area contributed by atoms with Crippen molar-refractivity contribution in [3.8, 4) is 0 Å². The minimum Gasteiger partial charge on any atom is -0.550 e. The highest BCUT2D eigenvalue weighted by Crippen LogP contribution is 2.42. The Kier molecular flexibility index (Phi) is 2.79. The molecule has 2 aliphatic rings. The highest BCUT2D eigenvalue weighted by atomic mass is 16.6. The fourth-order valence-corrected chi connectivity index (χ4v) is 2.84. The van der Waals surface area contributed by atoms with E-state index < -0.39 is 23.6 Å². The Morgan fingerprint density at radius 1 is 1.29 bits per heavy atom. The van der Waals surface area contributed by atoms with E-state index in [2.05, 4.69) is 0 Å². The van der Waals surface area contributed by atoms with E-state index in [1.807, 2.05) is 0 Å². The normalized spacial score (nSPS) is 31.7. The molecule has 2 saturated heterocycles. The van der Waals surface area contributed by atoms with Crippen molar-refractivity contribution in [2.75, 3.05) is 0 Å². The molecular weight excluding hydrogens is 222 g/mol. The van der Waals surface area contributed by atoms with Gasteiger partial charge in [0, 0.05) is 24.0 Å². The lowest BCUT2D eigenvalue weighted by molar-refractivity contribution is -0.312. The fraction of sp³-hybridized carbons (Fsp3) is 0.833. The van der Waals surface area contributed by atoms with Crippen molar-refractivity contribution >= 4 is 12.1 Å². The summed E-state index contributed by atoms with van der Waals surface area (Å²) in [5.74, 6) is -1.58. The first kappa shape index (κ1) is 12.2. The number of nitrogens with zero attached hydrogens (tertiary/aromatic N) is 1. The fourth-order valence-electron chi connectivity index (χ4n) is 2.84. The third-order valence-electron chi connectivity index (χ3n) is 3.44. The third-order valence-corrected chi connectivity index (χ3v) is 3.44. The molecule has 5 heteroatoms. The zero-order valence-corrected chi connectivity index (χ0v) is 10.4. The summed E-state index contributed by atoms with van der Waals surface area (Å²) in [6.45, 7) is 5.41. The van der Waals surface area contributed by atoms with Gasteiger partial charge in [-0.2, -0.15) is 0 Å². The minimum atomic E-state index is -1.05. The third kappa shape index (κ3) is 2.23. The molecule has 0 aromatic heterocycles. The first-order chi connectivity index (χ1) is 7.79. The molecule has 0 aromatic rings. The predicted octanol–water partition coefficient (Wildman–Crippen LogP) is 0.524. The van der Waals surface area contributed by atoms with Crippen LogP contribution >= 0.6 is 0 Å². The molecule has 0 saturated carbocycles. The molecule has 0 radical (unpaired) electrons. The average molecular weight is 240 g/mol. The number of hydrogen-bond donors (Lipinski definition) is 0. The van der Waals surface area contributed by atoms with Gasteiger partial charge in [0.2, 0.25) is 0 Å². The zero-order valence-electron chi connectivity index (χ0n) is 10.4. The molecule has 0 aliphatic carbocycles. The molecule has 2 fully saturated rings. The van der Waals surface area contributed by atoms with E-state index >= 15 is 0 Å². The summed E-state index contributed by atoms with van der Waals surface area (Å²) in [4.78, 5) is 24.5. The Balaban J connectivity index is 2.08. The molecular formula is C12H18NO4-. The van der Waals surface area contributed by atoms with E-state index in [-0.39, 0.29) is 12.1 Å². The maximum Gasteiger partial charge on any atom is 0.410 e. The number of amides is 1. The molecule has 2 aliphatic heterocycles. The minimum absolute atomic E-state index is 0.0118. The molecule has 96 valence electrons. The number of carbonyl (C=O) groups excluding carboxylic acids is 2. The monoisotopic (exact) mass is 240 g/mol. The van der Waals surface area contributed by atoms with Gasteiger partial charge in [-0.15, -0.1) is 0 Å². The van der Waals surface area contributed by atoms with Gasteiger partial charge in [-0.3, -0.25) is 0 Å². The van der Waals surface area contributed by atoms with Crippen LogP contribution in [0.3, 0.4) is 0 Å². The summed E-state index contributed by atoms with van der Waals surface area (Å²) in [6.07, 6.45) is 1.72. The van der Waals surface area contributed by atoms with E-state index in [4.69, 9.17) is 4.74 Å². The Morgan fingerprint density at radius 2 is 1.94 bits per heavy atom.